The molecule has 0 bridgehead atoms. The van der Waals surface area contributed by atoms with Gasteiger partial charge in [-0.2, -0.15) is 0 Å². The standard InChI is InChI=1S/C22H28FN5O3/c1-22(5-6-22)20-9-14(4-7-27(20)21(29)30)18-8-16(18)12-31-11-15-2-3-17(10-19(15)23)28-13-24-25-26-28/h2-3,10,13-14,16,18,20H,4-9,11-12H2,1H3,(H,29,30)/t14?,16-,18+,20?/m0/s1. The Kier molecular flexibility index (Phi) is 5.16. The lowest BCUT2D eigenvalue weighted by Crippen LogP contribution is -2.49. The molecule has 1 amide bonds. The third-order valence-electron chi connectivity index (χ3n) is 7.55. The molecule has 0 radical (unpaired) electrons. The molecule has 2 aromatic rings. The highest BCUT2D eigenvalue weighted by Gasteiger charge is 2.53. The molecular weight excluding hydrogens is 401 g/mol. The van der Waals surface area contributed by atoms with Crippen molar-refractivity contribution in [1.29, 1.82) is 0 Å². The minimum atomic E-state index is -0.777. The van der Waals surface area contributed by atoms with Crippen molar-refractivity contribution in [1.82, 2.24) is 25.1 Å². The zero-order valence-corrected chi connectivity index (χ0v) is 17.7. The predicted molar refractivity (Wildman–Crippen MR) is 109 cm³/mol. The molecule has 9 heteroatoms. The van der Waals surface area contributed by atoms with Gasteiger partial charge in [-0.1, -0.05) is 13.0 Å². The Morgan fingerprint density at radius 3 is 2.87 bits per heavy atom. The van der Waals surface area contributed by atoms with Gasteiger partial charge >= 0.3 is 6.09 Å². The smallest absolute Gasteiger partial charge is 0.407 e. The van der Waals surface area contributed by atoms with Crippen LogP contribution in [0, 0.1) is 29.0 Å². The zero-order valence-electron chi connectivity index (χ0n) is 17.7. The van der Waals surface area contributed by atoms with Gasteiger partial charge in [0.05, 0.1) is 18.9 Å². The van der Waals surface area contributed by atoms with Crippen LogP contribution in [-0.2, 0) is 11.3 Å². The van der Waals surface area contributed by atoms with E-state index in [-0.39, 0.29) is 23.9 Å². The number of benzene rings is 1. The summed E-state index contributed by atoms with van der Waals surface area (Å²) < 4.78 is 21.7. The lowest BCUT2D eigenvalue weighted by Gasteiger charge is -2.41. The van der Waals surface area contributed by atoms with Gasteiger partial charge in [-0.15, -0.1) is 5.10 Å². The molecule has 3 aliphatic rings. The molecule has 1 aromatic heterocycles. The van der Waals surface area contributed by atoms with Gasteiger partial charge in [0, 0.05) is 24.2 Å². The van der Waals surface area contributed by atoms with Crippen LogP contribution < -0.4 is 0 Å². The Bertz CT molecular complexity index is 949. The van der Waals surface area contributed by atoms with E-state index in [4.69, 9.17) is 4.74 Å². The molecule has 31 heavy (non-hydrogen) atoms. The van der Waals surface area contributed by atoms with Gasteiger partial charge in [0.1, 0.15) is 12.1 Å². The van der Waals surface area contributed by atoms with Gasteiger partial charge in [0.2, 0.25) is 0 Å². The Morgan fingerprint density at radius 1 is 1.35 bits per heavy atom. The molecule has 1 saturated heterocycles. The van der Waals surface area contributed by atoms with E-state index >= 15 is 0 Å². The van der Waals surface area contributed by atoms with Gasteiger partial charge in [0.15, 0.2) is 0 Å². The summed E-state index contributed by atoms with van der Waals surface area (Å²) in [6.45, 7) is 3.73. The maximum absolute atomic E-state index is 14.4. The maximum atomic E-state index is 14.4. The summed E-state index contributed by atoms with van der Waals surface area (Å²) in [6, 6.07) is 5.04. The Labute approximate surface area is 180 Å². The first kappa shape index (κ1) is 20.4. The maximum Gasteiger partial charge on any atom is 0.407 e. The first-order valence-electron chi connectivity index (χ1n) is 11.0. The highest BCUT2D eigenvalue weighted by atomic mass is 19.1. The summed E-state index contributed by atoms with van der Waals surface area (Å²) in [6.07, 6.45) is 5.94. The van der Waals surface area contributed by atoms with E-state index in [1.807, 2.05) is 0 Å². The number of tetrazole rings is 1. The van der Waals surface area contributed by atoms with E-state index in [0.717, 1.165) is 32.1 Å². The Morgan fingerprint density at radius 2 is 2.19 bits per heavy atom. The van der Waals surface area contributed by atoms with Crippen LogP contribution in [0.5, 0.6) is 0 Å². The number of carboxylic acid groups (broad SMARTS) is 1. The van der Waals surface area contributed by atoms with Crippen LogP contribution in [0.1, 0.15) is 44.6 Å². The van der Waals surface area contributed by atoms with Crippen molar-refractivity contribution >= 4 is 6.09 Å². The molecule has 2 saturated carbocycles. The Hall–Kier alpha value is -2.55. The molecule has 1 aromatic carbocycles. The van der Waals surface area contributed by atoms with Gasteiger partial charge in [-0.3, -0.25) is 0 Å². The van der Waals surface area contributed by atoms with Gasteiger partial charge < -0.3 is 14.7 Å². The van der Waals surface area contributed by atoms with Crippen LogP contribution in [0.4, 0.5) is 9.18 Å². The van der Waals surface area contributed by atoms with E-state index in [9.17, 15) is 14.3 Å². The molecule has 2 heterocycles. The molecule has 0 spiro atoms. The zero-order chi connectivity index (χ0) is 21.6. The summed E-state index contributed by atoms with van der Waals surface area (Å²) in [7, 11) is 0. The van der Waals surface area contributed by atoms with Gasteiger partial charge in [-0.05, 0) is 71.8 Å². The average molecular weight is 429 g/mol. The lowest BCUT2D eigenvalue weighted by atomic mass is 9.80. The van der Waals surface area contributed by atoms with Crippen molar-refractivity contribution in [3.63, 3.8) is 0 Å². The summed E-state index contributed by atoms with van der Waals surface area (Å²) in [5, 5.41) is 20.5. The minimum absolute atomic E-state index is 0.152. The summed E-state index contributed by atoms with van der Waals surface area (Å²) >= 11 is 0. The van der Waals surface area contributed by atoms with Crippen LogP contribution in [0.3, 0.4) is 0 Å². The second-order valence-electron chi connectivity index (χ2n) is 9.64. The van der Waals surface area contributed by atoms with E-state index in [1.165, 1.54) is 17.1 Å². The second-order valence-corrected chi connectivity index (χ2v) is 9.64. The number of hydrogen-bond acceptors (Lipinski definition) is 5. The van der Waals surface area contributed by atoms with Gasteiger partial charge in [-0.25, -0.2) is 13.9 Å². The highest BCUT2D eigenvalue weighted by molar-refractivity contribution is 5.65. The molecule has 2 unspecified atom stereocenters. The molecule has 8 nitrogen and oxygen atoms in total. The highest BCUT2D eigenvalue weighted by Crippen LogP contribution is 2.56. The van der Waals surface area contributed by atoms with Crippen molar-refractivity contribution in [2.45, 2.75) is 51.7 Å². The monoisotopic (exact) mass is 429 g/mol. The number of likely N-dealkylation sites (tertiary alicyclic amines) is 1. The SMILES string of the molecule is CC1(C2CC([C@H]3C[C@H]3COCc3ccc(-n4cnnn4)cc3F)CCN2C(=O)O)CC1. The van der Waals surface area contributed by atoms with Crippen molar-refractivity contribution in [2.75, 3.05) is 13.2 Å². The fraction of sp³-hybridized carbons (Fsp3) is 0.636. The molecule has 5 rings (SSSR count). The number of ether oxygens (including phenoxy) is 1. The largest absolute Gasteiger partial charge is 0.465 e. The van der Waals surface area contributed by atoms with Crippen LogP contribution in [0.15, 0.2) is 24.5 Å². The number of piperidine rings is 1. The predicted octanol–water partition coefficient (Wildman–Crippen LogP) is 3.51. The van der Waals surface area contributed by atoms with Crippen molar-refractivity contribution in [3.05, 3.63) is 35.9 Å². The first-order valence-corrected chi connectivity index (χ1v) is 11.0. The average Bonchev–Trinajstić information content (AvgIpc) is 3.64. The van der Waals surface area contributed by atoms with Crippen LogP contribution in [0.25, 0.3) is 5.69 Å². The molecular formula is C22H28FN5O3. The first-order chi connectivity index (χ1) is 14.9. The van der Waals surface area contributed by atoms with Crippen LogP contribution in [-0.4, -0.2) is 55.5 Å². The molecule has 166 valence electrons. The molecule has 2 aliphatic carbocycles. The van der Waals surface area contributed by atoms with E-state index in [2.05, 4.69) is 22.4 Å². The lowest BCUT2D eigenvalue weighted by molar-refractivity contribution is 0.0509. The van der Waals surface area contributed by atoms with Crippen LogP contribution >= 0.6 is 0 Å². The number of rotatable bonds is 7. The molecule has 4 atom stereocenters. The number of amides is 1. The molecule has 3 fully saturated rings. The second kappa shape index (κ2) is 7.85. The fourth-order valence-electron chi connectivity index (χ4n) is 5.24. The van der Waals surface area contributed by atoms with Crippen molar-refractivity contribution in [2.24, 2.45) is 23.2 Å². The number of halogens is 1. The molecule has 1 aliphatic heterocycles. The third-order valence-corrected chi connectivity index (χ3v) is 7.55. The number of hydrogen-bond donors (Lipinski definition) is 1. The number of aromatic nitrogens is 4. The quantitative estimate of drug-likeness (QED) is 0.724. The van der Waals surface area contributed by atoms with Gasteiger partial charge in [0.25, 0.3) is 0 Å². The normalized spacial score (nSPS) is 29.0. The minimum Gasteiger partial charge on any atom is -0.465 e. The summed E-state index contributed by atoms with van der Waals surface area (Å²) in [4.78, 5) is 13.3. The van der Waals surface area contributed by atoms with E-state index in [0.29, 0.717) is 42.2 Å². The summed E-state index contributed by atoms with van der Waals surface area (Å²) in [5.41, 5.74) is 1.26. The third kappa shape index (κ3) is 4.15. The van der Waals surface area contributed by atoms with E-state index < -0.39 is 6.09 Å². The molecule has 1 N–H and O–H groups in total. The Balaban J connectivity index is 1.11. The fourth-order valence-corrected chi connectivity index (χ4v) is 5.24. The van der Waals surface area contributed by atoms with Crippen molar-refractivity contribution in [3.8, 4) is 5.69 Å². The number of nitrogens with zero attached hydrogens (tertiary/aromatic N) is 5. The topological polar surface area (TPSA) is 93.4 Å². The van der Waals surface area contributed by atoms with Crippen LogP contribution in [0.2, 0.25) is 0 Å². The van der Waals surface area contributed by atoms with E-state index in [1.54, 1.807) is 17.0 Å². The number of carbonyl (C=O) groups is 1. The van der Waals surface area contributed by atoms with Crippen molar-refractivity contribution < 1.29 is 19.0 Å². The summed E-state index contributed by atoms with van der Waals surface area (Å²) in [5.74, 6) is 1.34.